The van der Waals surface area contributed by atoms with E-state index >= 15 is 0 Å². The van der Waals surface area contributed by atoms with Gasteiger partial charge in [0.05, 0.1) is 6.54 Å². The van der Waals surface area contributed by atoms with Gasteiger partial charge in [-0.05, 0) is 47.3 Å². The minimum Gasteiger partial charge on any atom is -0.307 e. The molecule has 3 rings (SSSR count). The average molecular weight is 307 g/mol. The third-order valence-electron chi connectivity index (χ3n) is 4.13. The molecule has 0 fully saturated rings. The fourth-order valence-electron chi connectivity index (χ4n) is 3.05. The molecule has 1 nitrogen and oxygen atoms in total. The van der Waals surface area contributed by atoms with Crippen LogP contribution in [-0.2, 0) is 19.4 Å². The third kappa shape index (κ3) is 3.50. The van der Waals surface area contributed by atoms with Crippen molar-refractivity contribution in [1.29, 1.82) is 0 Å². The van der Waals surface area contributed by atoms with Gasteiger partial charge in [0.15, 0.2) is 0 Å². The van der Waals surface area contributed by atoms with Crippen LogP contribution in [-0.4, -0.2) is 13.0 Å². The molecule has 1 aromatic heterocycles. The summed E-state index contributed by atoms with van der Waals surface area (Å²) in [6.45, 7) is 0.337. The quantitative estimate of drug-likeness (QED) is 0.864. The van der Waals surface area contributed by atoms with Crippen LogP contribution in [0.3, 0.4) is 0 Å². The van der Waals surface area contributed by atoms with E-state index < -0.39 is 6.43 Å². The van der Waals surface area contributed by atoms with Crippen molar-refractivity contribution >= 4 is 11.3 Å². The van der Waals surface area contributed by atoms with E-state index in [0.717, 1.165) is 19.3 Å². The van der Waals surface area contributed by atoms with Crippen LogP contribution in [0.1, 0.15) is 33.9 Å². The third-order valence-corrected chi connectivity index (χ3v) is 5.23. The van der Waals surface area contributed by atoms with Gasteiger partial charge in [-0.15, -0.1) is 11.3 Å². The van der Waals surface area contributed by atoms with Gasteiger partial charge in [-0.3, -0.25) is 0 Å². The van der Waals surface area contributed by atoms with E-state index in [1.165, 1.54) is 21.6 Å². The van der Waals surface area contributed by atoms with E-state index in [-0.39, 0.29) is 6.54 Å². The molecule has 0 saturated carbocycles. The topological polar surface area (TPSA) is 12.0 Å². The second-order valence-electron chi connectivity index (χ2n) is 5.54. The fraction of sp³-hybridized carbons (Fsp3) is 0.412. The molecule has 1 N–H and O–H groups in total. The number of hydrogen-bond donors (Lipinski definition) is 1. The molecule has 4 heteroatoms. The van der Waals surface area contributed by atoms with E-state index in [1.807, 2.05) is 0 Å². The average Bonchev–Trinajstić information content (AvgIpc) is 2.90. The van der Waals surface area contributed by atoms with Gasteiger partial charge in [0.2, 0.25) is 0 Å². The molecule has 0 aliphatic heterocycles. The highest BCUT2D eigenvalue weighted by Gasteiger charge is 2.23. The standard InChI is InChI=1S/C17H19F2NS/c18-17(19)10-20-9-14-11-21-16-8-13(6-7-15(14)16)12-4-2-1-3-5-12/h1-5,11,13,17,20H,6-10H2. The van der Waals surface area contributed by atoms with Crippen LogP contribution in [0.4, 0.5) is 8.78 Å². The fourth-order valence-corrected chi connectivity index (χ4v) is 4.24. The first kappa shape index (κ1) is 14.7. The zero-order valence-corrected chi connectivity index (χ0v) is 12.6. The molecule has 2 aromatic rings. The molecule has 0 bridgehead atoms. The van der Waals surface area contributed by atoms with Crippen molar-refractivity contribution in [2.24, 2.45) is 0 Å². The summed E-state index contributed by atoms with van der Waals surface area (Å²) in [5.41, 5.74) is 4.02. The van der Waals surface area contributed by atoms with E-state index in [1.54, 1.807) is 11.3 Å². The Hall–Kier alpha value is -1.26. The summed E-state index contributed by atoms with van der Waals surface area (Å²) in [6.07, 6.45) is 1.01. The van der Waals surface area contributed by atoms with Crippen LogP contribution in [0, 0.1) is 0 Å². The van der Waals surface area contributed by atoms with Crippen LogP contribution in [0.5, 0.6) is 0 Å². The zero-order valence-electron chi connectivity index (χ0n) is 11.8. The molecule has 0 radical (unpaired) electrons. The van der Waals surface area contributed by atoms with Gasteiger partial charge in [0, 0.05) is 11.4 Å². The van der Waals surface area contributed by atoms with E-state index in [2.05, 4.69) is 41.0 Å². The van der Waals surface area contributed by atoms with E-state index in [0.29, 0.717) is 12.5 Å². The monoisotopic (exact) mass is 307 g/mol. The number of benzene rings is 1. The number of alkyl halides is 2. The van der Waals surface area contributed by atoms with Gasteiger partial charge in [-0.2, -0.15) is 0 Å². The first-order valence-electron chi connectivity index (χ1n) is 7.36. The summed E-state index contributed by atoms with van der Waals surface area (Å²) >= 11 is 1.78. The van der Waals surface area contributed by atoms with Crippen molar-refractivity contribution in [3.63, 3.8) is 0 Å². The van der Waals surface area contributed by atoms with Crippen LogP contribution < -0.4 is 5.32 Å². The normalized spacial score (nSPS) is 18.0. The molecule has 21 heavy (non-hydrogen) atoms. The number of hydrogen-bond acceptors (Lipinski definition) is 2. The lowest BCUT2D eigenvalue weighted by Gasteiger charge is -2.23. The maximum absolute atomic E-state index is 12.2. The molecule has 1 aliphatic carbocycles. The molecule has 0 spiro atoms. The SMILES string of the molecule is FC(F)CNCc1csc2c1CCC(c1ccccc1)C2. The van der Waals surface area contributed by atoms with Crippen LogP contribution in [0.15, 0.2) is 35.7 Å². The molecule has 1 atom stereocenters. The second kappa shape index (κ2) is 6.67. The van der Waals surface area contributed by atoms with Crippen LogP contribution in [0.25, 0.3) is 0 Å². The number of thiophene rings is 1. The lowest BCUT2D eigenvalue weighted by molar-refractivity contribution is 0.145. The summed E-state index contributed by atoms with van der Waals surface area (Å²) in [5, 5.41) is 4.97. The van der Waals surface area contributed by atoms with E-state index in [9.17, 15) is 8.78 Å². The van der Waals surface area contributed by atoms with Gasteiger partial charge in [0.25, 0.3) is 6.43 Å². The highest BCUT2D eigenvalue weighted by Crippen LogP contribution is 2.37. The number of halogens is 2. The summed E-state index contributed by atoms with van der Waals surface area (Å²) in [6, 6.07) is 10.6. The smallest absolute Gasteiger partial charge is 0.250 e. The highest BCUT2D eigenvalue weighted by atomic mass is 32.1. The zero-order chi connectivity index (χ0) is 14.7. The molecular formula is C17H19F2NS. The number of rotatable bonds is 5. The Kier molecular flexibility index (Phi) is 4.66. The van der Waals surface area contributed by atoms with Crippen molar-refractivity contribution in [2.75, 3.05) is 6.54 Å². The molecule has 0 amide bonds. The lowest BCUT2D eigenvalue weighted by Crippen LogP contribution is -2.21. The molecule has 1 heterocycles. The van der Waals surface area contributed by atoms with Crippen molar-refractivity contribution in [3.05, 3.63) is 57.3 Å². The predicted octanol–water partition coefficient (Wildman–Crippen LogP) is 4.38. The molecule has 112 valence electrons. The Labute approximate surface area is 128 Å². The number of nitrogens with one attached hydrogen (secondary N) is 1. The Morgan fingerprint density at radius 2 is 2.05 bits per heavy atom. The van der Waals surface area contributed by atoms with Crippen molar-refractivity contribution in [1.82, 2.24) is 5.32 Å². The minimum absolute atomic E-state index is 0.225. The predicted molar refractivity (Wildman–Crippen MR) is 83.2 cm³/mol. The minimum atomic E-state index is -2.28. The summed E-state index contributed by atoms with van der Waals surface area (Å²) < 4.78 is 24.4. The Balaban J connectivity index is 1.66. The molecule has 1 aliphatic rings. The first-order valence-corrected chi connectivity index (χ1v) is 8.24. The summed E-state index contributed by atoms with van der Waals surface area (Å²) in [4.78, 5) is 1.43. The van der Waals surface area contributed by atoms with Crippen LogP contribution in [0.2, 0.25) is 0 Å². The van der Waals surface area contributed by atoms with Gasteiger partial charge in [-0.1, -0.05) is 30.3 Å². The molecular weight excluding hydrogens is 288 g/mol. The van der Waals surface area contributed by atoms with Gasteiger partial charge in [0.1, 0.15) is 0 Å². The van der Waals surface area contributed by atoms with Crippen molar-refractivity contribution in [2.45, 2.75) is 38.2 Å². The van der Waals surface area contributed by atoms with E-state index in [4.69, 9.17) is 0 Å². The lowest BCUT2D eigenvalue weighted by atomic mass is 9.83. The van der Waals surface area contributed by atoms with Crippen LogP contribution >= 0.6 is 11.3 Å². The molecule has 1 unspecified atom stereocenters. The second-order valence-corrected chi connectivity index (χ2v) is 6.50. The Morgan fingerprint density at radius 3 is 2.81 bits per heavy atom. The highest BCUT2D eigenvalue weighted by molar-refractivity contribution is 7.10. The van der Waals surface area contributed by atoms with Gasteiger partial charge < -0.3 is 5.32 Å². The summed E-state index contributed by atoms with van der Waals surface area (Å²) in [7, 11) is 0. The molecule has 1 aromatic carbocycles. The first-order chi connectivity index (χ1) is 10.2. The Bertz CT molecular complexity index is 580. The molecule has 0 saturated heterocycles. The van der Waals surface area contributed by atoms with Crippen molar-refractivity contribution in [3.8, 4) is 0 Å². The number of fused-ring (bicyclic) bond motifs is 1. The largest absolute Gasteiger partial charge is 0.307 e. The van der Waals surface area contributed by atoms with Crippen molar-refractivity contribution < 1.29 is 8.78 Å². The Morgan fingerprint density at radius 1 is 1.24 bits per heavy atom. The van der Waals surface area contributed by atoms with Gasteiger partial charge in [-0.25, -0.2) is 8.78 Å². The maximum atomic E-state index is 12.2. The maximum Gasteiger partial charge on any atom is 0.250 e. The van der Waals surface area contributed by atoms with Gasteiger partial charge >= 0.3 is 0 Å². The summed E-state index contributed by atoms with van der Waals surface area (Å²) in [5.74, 6) is 0.597.